The summed E-state index contributed by atoms with van der Waals surface area (Å²) in [4.78, 5) is 13.8. The summed E-state index contributed by atoms with van der Waals surface area (Å²) < 4.78 is 10.4. The van der Waals surface area contributed by atoms with Crippen LogP contribution in [0.15, 0.2) is 12.1 Å². The average molecular weight is 313 g/mol. The molecule has 0 aromatic heterocycles. The van der Waals surface area contributed by atoms with E-state index in [2.05, 4.69) is 0 Å². The number of halogens is 1. The minimum Gasteiger partial charge on any atom is -0.465 e. The highest BCUT2D eigenvalue weighted by molar-refractivity contribution is 6.34. The van der Waals surface area contributed by atoms with Crippen molar-refractivity contribution in [1.29, 1.82) is 0 Å². The summed E-state index contributed by atoms with van der Waals surface area (Å²) in [5.41, 5.74) is 7.17. The number of carbonyl (C=O) groups is 1. The largest absolute Gasteiger partial charge is 0.465 e. The fourth-order valence-corrected chi connectivity index (χ4v) is 2.49. The fraction of sp³-hybridized carbons (Fsp3) is 0.533. The molecule has 0 saturated heterocycles. The van der Waals surface area contributed by atoms with Gasteiger partial charge in [-0.3, -0.25) is 0 Å². The molecule has 0 atom stereocenters. The number of anilines is 2. The van der Waals surface area contributed by atoms with Crippen LogP contribution in [-0.4, -0.2) is 39.9 Å². The molecular weight excluding hydrogens is 292 g/mol. The van der Waals surface area contributed by atoms with Crippen molar-refractivity contribution in [2.45, 2.75) is 12.8 Å². The minimum atomic E-state index is -0.454. The lowest BCUT2D eigenvalue weighted by molar-refractivity contribution is 0.0601. The van der Waals surface area contributed by atoms with Gasteiger partial charge in [0.15, 0.2) is 0 Å². The molecule has 116 valence electrons. The highest BCUT2D eigenvalue weighted by atomic mass is 35.5. The molecule has 0 aliphatic heterocycles. The molecule has 6 heteroatoms. The number of ether oxygens (including phenoxy) is 2. The van der Waals surface area contributed by atoms with Crippen LogP contribution in [0.1, 0.15) is 23.2 Å². The third kappa shape index (κ3) is 4.25. The smallest absolute Gasteiger partial charge is 0.340 e. The number of hydrogen-bond acceptors (Lipinski definition) is 5. The molecule has 1 aliphatic rings. The van der Waals surface area contributed by atoms with Crippen LogP contribution in [0.5, 0.6) is 0 Å². The summed E-state index contributed by atoms with van der Waals surface area (Å²) in [6.45, 7) is 2.04. The number of benzene rings is 1. The van der Waals surface area contributed by atoms with Crippen molar-refractivity contribution in [2.75, 3.05) is 44.5 Å². The predicted octanol–water partition coefficient (Wildman–Crippen LogP) is 2.57. The minimum absolute atomic E-state index is 0.368. The van der Waals surface area contributed by atoms with E-state index in [4.69, 9.17) is 26.8 Å². The van der Waals surface area contributed by atoms with E-state index in [0.29, 0.717) is 35.1 Å². The van der Waals surface area contributed by atoms with Crippen LogP contribution in [0.3, 0.4) is 0 Å². The van der Waals surface area contributed by atoms with Crippen molar-refractivity contribution in [3.05, 3.63) is 22.7 Å². The first-order chi connectivity index (χ1) is 10.0. The normalized spacial score (nSPS) is 14.0. The summed E-state index contributed by atoms with van der Waals surface area (Å²) in [5.74, 6) is 0.283. The maximum absolute atomic E-state index is 11.9. The molecule has 0 bridgehead atoms. The lowest BCUT2D eigenvalue weighted by atomic mass is 10.1. The van der Waals surface area contributed by atoms with Crippen molar-refractivity contribution >= 4 is 28.9 Å². The summed E-state index contributed by atoms with van der Waals surface area (Å²) in [6.07, 6.45) is 2.54. The Morgan fingerprint density at radius 2 is 2.19 bits per heavy atom. The average Bonchev–Trinajstić information content (AvgIpc) is 3.25. The Morgan fingerprint density at radius 1 is 1.48 bits per heavy atom. The van der Waals surface area contributed by atoms with Crippen molar-refractivity contribution in [3.8, 4) is 0 Å². The van der Waals surface area contributed by atoms with Gasteiger partial charge in [0.2, 0.25) is 0 Å². The maximum atomic E-state index is 11.9. The topological polar surface area (TPSA) is 64.8 Å². The molecule has 1 fully saturated rings. The van der Waals surface area contributed by atoms with E-state index in [1.165, 1.54) is 20.0 Å². The van der Waals surface area contributed by atoms with Crippen LogP contribution in [-0.2, 0) is 9.47 Å². The Kier molecular flexibility index (Phi) is 5.31. The molecule has 1 aromatic carbocycles. The molecule has 0 amide bonds. The number of rotatable bonds is 7. The first-order valence-electron chi connectivity index (χ1n) is 6.99. The van der Waals surface area contributed by atoms with Gasteiger partial charge in [-0.1, -0.05) is 11.6 Å². The van der Waals surface area contributed by atoms with Gasteiger partial charge in [-0.2, -0.15) is 0 Å². The molecule has 0 unspecified atom stereocenters. The SMILES string of the molecule is COC(=O)c1cc(N)cc(Cl)c1N(C)CCOCC1CC1. The second-order valence-electron chi connectivity index (χ2n) is 5.33. The number of esters is 1. The van der Waals surface area contributed by atoms with E-state index in [9.17, 15) is 4.79 Å². The molecule has 1 aliphatic carbocycles. The van der Waals surface area contributed by atoms with E-state index < -0.39 is 5.97 Å². The Bertz CT molecular complexity index is 518. The molecular formula is C15H21ClN2O3. The first kappa shape index (κ1) is 15.9. The van der Waals surface area contributed by atoms with Gasteiger partial charge in [0.1, 0.15) is 0 Å². The number of methoxy groups -OCH3 is 1. The molecule has 0 heterocycles. The van der Waals surface area contributed by atoms with Crippen LogP contribution >= 0.6 is 11.6 Å². The molecule has 21 heavy (non-hydrogen) atoms. The zero-order valence-electron chi connectivity index (χ0n) is 12.4. The Labute approximate surface area is 130 Å². The van der Waals surface area contributed by atoms with Gasteiger partial charge < -0.3 is 20.1 Å². The van der Waals surface area contributed by atoms with E-state index >= 15 is 0 Å². The third-order valence-corrected chi connectivity index (χ3v) is 3.78. The zero-order chi connectivity index (χ0) is 15.4. The number of likely N-dealkylation sites (N-methyl/N-ethyl adjacent to an activating group) is 1. The lowest BCUT2D eigenvalue weighted by Crippen LogP contribution is -2.25. The fourth-order valence-electron chi connectivity index (χ4n) is 2.12. The Balaban J connectivity index is 2.06. The van der Waals surface area contributed by atoms with Crippen molar-refractivity contribution in [3.63, 3.8) is 0 Å². The monoisotopic (exact) mass is 312 g/mol. The van der Waals surface area contributed by atoms with Gasteiger partial charge in [-0.05, 0) is 30.9 Å². The van der Waals surface area contributed by atoms with Gasteiger partial charge in [-0.25, -0.2) is 4.79 Å². The second-order valence-corrected chi connectivity index (χ2v) is 5.74. The van der Waals surface area contributed by atoms with E-state index in [-0.39, 0.29) is 0 Å². The Hall–Kier alpha value is -1.46. The highest BCUT2D eigenvalue weighted by Gasteiger charge is 2.22. The van der Waals surface area contributed by atoms with E-state index in [0.717, 1.165) is 12.5 Å². The molecule has 2 rings (SSSR count). The number of nitrogens with zero attached hydrogens (tertiary/aromatic N) is 1. The van der Waals surface area contributed by atoms with Crippen molar-refractivity contribution < 1.29 is 14.3 Å². The summed E-state index contributed by atoms with van der Waals surface area (Å²) in [6, 6.07) is 3.21. The van der Waals surface area contributed by atoms with Crippen LogP contribution in [0.25, 0.3) is 0 Å². The molecule has 1 aromatic rings. The van der Waals surface area contributed by atoms with Crippen molar-refractivity contribution in [1.82, 2.24) is 0 Å². The van der Waals surface area contributed by atoms with Gasteiger partial charge in [0.05, 0.1) is 30.0 Å². The lowest BCUT2D eigenvalue weighted by Gasteiger charge is -2.23. The van der Waals surface area contributed by atoms with Crippen molar-refractivity contribution in [2.24, 2.45) is 5.92 Å². The maximum Gasteiger partial charge on any atom is 0.340 e. The van der Waals surface area contributed by atoms with Gasteiger partial charge >= 0.3 is 5.97 Å². The number of nitrogens with two attached hydrogens (primary N) is 1. The molecule has 1 saturated carbocycles. The third-order valence-electron chi connectivity index (χ3n) is 3.49. The molecule has 5 nitrogen and oxygen atoms in total. The molecule has 0 spiro atoms. The quantitative estimate of drug-likeness (QED) is 0.476. The first-order valence-corrected chi connectivity index (χ1v) is 7.37. The van der Waals surface area contributed by atoms with Gasteiger partial charge in [0, 0.05) is 25.9 Å². The van der Waals surface area contributed by atoms with Gasteiger partial charge in [0.25, 0.3) is 0 Å². The summed E-state index contributed by atoms with van der Waals surface area (Å²) in [5, 5.41) is 0.431. The van der Waals surface area contributed by atoms with Crippen LogP contribution < -0.4 is 10.6 Å². The van der Waals surface area contributed by atoms with Gasteiger partial charge in [-0.15, -0.1) is 0 Å². The highest BCUT2D eigenvalue weighted by Crippen LogP contribution is 2.32. The second kappa shape index (κ2) is 7.00. The number of nitrogen functional groups attached to an aromatic ring is 1. The summed E-state index contributed by atoms with van der Waals surface area (Å²) in [7, 11) is 3.20. The standard InChI is InChI=1S/C15H21ClN2O3/c1-18(5-6-21-9-10-3-4-10)14-12(15(19)20-2)7-11(17)8-13(14)16/h7-8,10H,3-6,9,17H2,1-2H3. The number of hydrogen-bond donors (Lipinski definition) is 1. The van der Waals surface area contributed by atoms with E-state index in [1.54, 1.807) is 12.1 Å². The molecule has 2 N–H and O–H groups in total. The van der Waals surface area contributed by atoms with E-state index in [1.807, 2.05) is 11.9 Å². The Morgan fingerprint density at radius 3 is 2.81 bits per heavy atom. The number of carbonyl (C=O) groups excluding carboxylic acids is 1. The van der Waals surface area contributed by atoms with Crippen LogP contribution in [0.4, 0.5) is 11.4 Å². The molecule has 0 radical (unpaired) electrons. The van der Waals surface area contributed by atoms with Crippen LogP contribution in [0.2, 0.25) is 5.02 Å². The summed E-state index contributed by atoms with van der Waals surface area (Å²) >= 11 is 6.23. The zero-order valence-corrected chi connectivity index (χ0v) is 13.2. The van der Waals surface area contributed by atoms with Crippen LogP contribution in [0, 0.1) is 5.92 Å². The predicted molar refractivity (Wildman–Crippen MR) is 84.0 cm³/mol.